The van der Waals surface area contributed by atoms with Gasteiger partial charge in [-0.15, -0.1) is 0 Å². The van der Waals surface area contributed by atoms with Crippen molar-refractivity contribution in [1.29, 1.82) is 5.26 Å². The molecule has 0 fully saturated rings. The molecule has 2 aromatic carbocycles. The number of aryl methyl sites for hydroxylation is 1. The largest absolute Gasteiger partial charge is 0.419 e. The van der Waals surface area contributed by atoms with Crippen molar-refractivity contribution in [3.63, 3.8) is 0 Å². The summed E-state index contributed by atoms with van der Waals surface area (Å²) in [7, 11) is 1.62. The van der Waals surface area contributed by atoms with Crippen LogP contribution in [0.1, 0.15) is 27.2 Å². The average Bonchev–Trinajstić information content (AvgIpc) is 3.44. The smallest absolute Gasteiger partial charge is 0.408 e. The molecule has 0 bridgehead atoms. The van der Waals surface area contributed by atoms with Crippen molar-refractivity contribution in [2.75, 3.05) is 13.1 Å². The molecule has 1 aliphatic rings. The molecule has 172 valence electrons. The molecule has 10 nitrogen and oxygen atoms in total. The molecule has 0 radical (unpaired) electrons. The van der Waals surface area contributed by atoms with Crippen LogP contribution in [0.15, 0.2) is 58.0 Å². The molecule has 1 aliphatic heterocycles. The van der Waals surface area contributed by atoms with Gasteiger partial charge in [0, 0.05) is 49.3 Å². The quantitative estimate of drug-likeness (QED) is 0.371. The molecule has 35 heavy (non-hydrogen) atoms. The third kappa shape index (κ3) is 3.50. The van der Waals surface area contributed by atoms with Crippen molar-refractivity contribution >= 4 is 27.8 Å². The number of nitrogens with zero attached hydrogens (tertiary/aromatic N) is 7. The number of benzene rings is 2. The van der Waals surface area contributed by atoms with E-state index in [1.165, 1.54) is 4.57 Å². The van der Waals surface area contributed by atoms with E-state index in [0.717, 1.165) is 22.2 Å². The zero-order valence-electron chi connectivity index (χ0n) is 18.8. The zero-order valence-corrected chi connectivity index (χ0v) is 18.8. The Kier molecular flexibility index (Phi) is 4.79. The molecule has 0 amide bonds. The lowest BCUT2D eigenvalue weighted by molar-refractivity contribution is 0.0921. The van der Waals surface area contributed by atoms with E-state index >= 15 is 0 Å². The summed E-state index contributed by atoms with van der Waals surface area (Å²) in [6.07, 6.45) is 4.11. The molecule has 6 rings (SSSR count). The van der Waals surface area contributed by atoms with Gasteiger partial charge in [-0.1, -0.05) is 6.07 Å². The molecule has 4 heterocycles. The summed E-state index contributed by atoms with van der Waals surface area (Å²) >= 11 is 0. The zero-order chi connectivity index (χ0) is 24.1. The molecule has 3 aromatic heterocycles. The second kappa shape index (κ2) is 8.00. The summed E-state index contributed by atoms with van der Waals surface area (Å²) in [4.78, 5) is 36.0. The number of Topliss-reactive ketones (excluding diaryl/α,β-unsaturated/α-hetero) is 1. The van der Waals surface area contributed by atoms with Crippen molar-refractivity contribution in [2.24, 2.45) is 7.05 Å². The normalized spacial score (nSPS) is 13.7. The maximum Gasteiger partial charge on any atom is 0.419 e. The van der Waals surface area contributed by atoms with Crippen molar-refractivity contribution in [2.45, 2.75) is 13.0 Å². The van der Waals surface area contributed by atoms with E-state index < -0.39 is 5.76 Å². The van der Waals surface area contributed by atoms with E-state index in [9.17, 15) is 14.9 Å². The first-order valence-corrected chi connectivity index (χ1v) is 11.1. The monoisotopic (exact) mass is 465 g/mol. The maximum absolute atomic E-state index is 12.9. The fourth-order valence-corrected chi connectivity index (χ4v) is 4.50. The molecule has 0 spiro atoms. The van der Waals surface area contributed by atoms with Crippen LogP contribution in [0.5, 0.6) is 0 Å². The van der Waals surface area contributed by atoms with Gasteiger partial charge < -0.3 is 4.42 Å². The second-order valence-electron chi connectivity index (χ2n) is 8.54. The number of hydrogen-bond donors (Lipinski definition) is 0. The maximum atomic E-state index is 12.9. The Bertz CT molecular complexity index is 1740. The number of hydrogen-bond acceptors (Lipinski definition) is 8. The van der Waals surface area contributed by atoms with Crippen LogP contribution >= 0.6 is 0 Å². The summed E-state index contributed by atoms with van der Waals surface area (Å²) < 4.78 is 8.18. The Balaban J connectivity index is 1.22. The van der Waals surface area contributed by atoms with Crippen molar-refractivity contribution in [1.82, 2.24) is 29.2 Å². The lowest BCUT2D eigenvalue weighted by Crippen LogP contribution is -2.35. The third-order valence-corrected chi connectivity index (χ3v) is 6.40. The number of fused-ring (bicyclic) bond motifs is 3. The van der Waals surface area contributed by atoms with Gasteiger partial charge in [0.05, 0.1) is 41.1 Å². The Hall–Kier alpha value is -4.62. The Morgan fingerprint density at radius 3 is 2.94 bits per heavy atom. The minimum atomic E-state index is -0.454. The molecule has 0 aliphatic carbocycles. The van der Waals surface area contributed by atoms with E-state index in [1.54, 1.807) is 48.4 Å². The molecule has 0 saturated carbocycles. The summed E-state index contributed by atoms with van der Waals surface area (Å²) in [6, 6.07) is 12.7. The number of oxazole rings is 1. The summed E-state index contributed by atoms with van der Waals surface area (Å²) in [5, 5.41) is 14.5. The molecule has 10 heteroatoms. The SMILES string of the molecule is Cn1c(=O)oc2ccc(C(=O)CN3CCc4nc(-n5ncc6c(C#N)cccc65)ncc4C3)cc21. The van der Waals surface area contributed by atoms with Crippen molar-refractivity contribution in [3.8, 4) is 12.0 Å². The molecular formula is C25H19N7O3. The van der Waals surface area contributed by atoms with Gasteiger partial charge in [0.25, 0.3) is 5.95 Å². The van der Waals surface area contributed by atoms with Crippen molar-refractivity contribution < 1.29 is 9.21 Å². The van der Waals surface area contributed by atoms with Gasteiger partial charge in [0.15, 0.2) is 11.4 Å². The van der Waals surface area contributed by atoms with Crippen LogP contribution < -0.4 is 5.76 Å². The Morgan fingerprint density at radius 2 is 2.09 bits per heavy atom. The first-order chi connectivity index (χ1) is 17.0. The number of rotatable bonds is 4. The Morgan fingerprint density at radius 1 is 1.20 bits per heavy atom. The van der Waals surface area contributed by atoms with Crippen LogP contribution in [-0.2, 0) is 20.0 Å². The minimum absolute atomic E-state index is 0.0298. The van der Waals surface area contributed by atoms with Crippen LogP contribution in [0.25, 0.3) is 28.0 Å². The lowest BCUT2D eigenvalue weighted by Gasteiger charge is -2.27. The number of nitriles is 1. The Labute approximate surface area is 198 Å². The van der Waals surface area contributed by atoms with E-state index in [4.69, 9.17) is 9.40 Å². The van der Waals surface area contributed by atoms with Gasteiger partial charge >= 0.3 is 5.76 Å². The fourth-order valence-electron chi connectivity index (χ4n) is 4.50. The number of carbonyl (C=O) groups excluding carboxylic acids is 1. The molecular weight excluding hydrogens is 446 g/mol. The van der Waals surface area contributed by atoms with Gasteiger partial charge in [0.2, 0.25) is 0 Å². The van der Waals surface area contributed by atoms with E-state index in [2.05, 4.69) is 21.1 Å². The molecule has 5 aromatic rings. The second-order valence-corrected chi connectivity index (χ2v) is 8.54. The van der Waals surface area contributed by atoms with Gasteiger partial charge in [-0.05, 0) is 30.3 Å². The standard InChI is InChI=1S/C25H19N7O3/c1-30-21-9-15(5-6-23(21)35-25(30)34)22(33)14-31-8-7-19-17(13-31)11-27-24(29-19)32-20-4-2-3-16(10-26)18(20)12-28-32/h2-6,9,11-12H,7-8,13-14H2,1H3. The van der Waals surface area contributed by atoms with Crippen LogP contribution in [0.3, 0.4) is 0 Å². The summed E-state index contributed by atoms with van der Waals surface area (Å²) in [6.45, 7) is 1.49. The van der Waals surface area contributed by atoms with E-state index in [1.807, 2.05) is 12.1 Å². The molecule has 0 atom stereocenters. The van der Waals surface area contributed by atoms with Crippen LogP contribution in [0, 0.1) is 11.3 Å². The molecule has 0 unspecified atom stereocenters. The van der Waals surface area contributed by atoms with Gasteiger partial charge in [-0.3, -0.25) is 14.3 Å². The van der Waals surface area contributed by atoms with Gasteiger partial charge in [0.1, 0.15) is 0 Å². The third-order valence-electron chi connectivity index (χ3n) is 6.40. The van der Waals surface area contributed by atoms with Gasteiger partial charge in [-0.25, -0.2) is 14.8 Å². The van der Waals surface area contributed by atoms with Crippen LogP contribution in [-0.4, -0.2) is 48.1 Å². The summed E-state index contributed by atoms with van der Waals surface area (Å²) in [5.74, 6) is -0.0274. The predicted octanol–water partition coefficient (Wildman–Crippen LogP) is 2.37. The van der Waals surface area contributed by atoms with Crippen LogP contribution in [0.4, 0.5) is 0 Å². The van der Waals surface area contributed by atoms with E-state index in [-0.39, 0.29) is 12.3 Å². The fraction of sp³-hybridized carbons (Fsp3) is 0.200. The van der Waals surface area contributed by atoms with E-state index in [0.29, 0.717) is 47.7 Å². The number of ketones is 1. The van der Waals surface area contributed by atoms with Crippen LogP contribution in [0.2, 0.25) is 0 Å². The number of carbonyl (C=O) groups is 1. The minimum Gasteiger partial charge on any atom is -0.408 e. The highest BCUT2D eigenvalue weighted by Crippen LogP contribution is 2.23. The first kappa shape index (κ1) is 20.9. The molecule has 0 saturated heterocycles. The molecule has 0 N–H and O–H groups in total. The lowest BCUT2D eigenvalue weighted by atomic mass is 10.1. The number of aromatic nitrogens is 5. The van der Waals surface area contributed by atoms with Crippen molar-refractivity contribution in [3.05, 3.63) is 81.7 Å². The predicted molar refractivity (Wildman–Crippen MR) is 126 cm³/mol. The topological polar surface area (TPSA) is 123 Å². The highest BCUT2D eigenvalue weighted by atomic mass is 16.4. The van der Waals surface area contributed by atoms with Gasteiger partial charge in [-0.2, -0.15) is 15.0 Å². The first-order valence-electron chi connectivity index (χ1n) is 11.1. The summed E-state index contributed by atoms with van der Waals surface area (Å²) in [5.41, 5.74) is 4.82. The highest BCUT2D eigenvalue weighted by Gasteiger charge is 2.22. The average molecular weight is 465 g/mol. The highest BCUT2D eigenvalue weighted by molar-refractivity contribution is 6.00.